The predicted molar refractivity (Wildman–Crippen MR) is 68.7 cm³/mol. The lowest BCUT2D eigenvalue weighted by molar-refractivity contribution is -0.147. The van der Waals surface area contributed by atoms with E-state index in [2.05, 4.69) is 0 Å². The number of carbonyl (C=O) groups excluding carboxylic acids is 1. The van der Waals surface area contributed by atoms with Crippen molar-refractivity contribution >= 4 is 35.4 Å². The molecule has 0 aliphatic carbocycles. The monoisotopic (exact) mass is 274 g/mol. The normalized spacial score (nSPS) is 27.9. The average Bonchev–Trinajstić information content (AvgIpc) is 2.33. The van der Waals surface area contributed by atoms with Crippen molar-refractivity contribution in [3.8, 4) is 0 Å². The molecule has 2 heterocycles. The Kier molecular flexibility index (Phi) is 3.70. The zero-order valence-electron chi connectivity index (χ0n) is 9.38. The fourth-order valence-electron chi connectivity index (χ4n) is 1.92. The first kappa shape index (κ1) is 12.8. The second kappa shape index (κ2) is 4.91. The van der Waals surface area contributed by atoms with Crippen LogP contribution in [0.3, 0.4) is 0 Å². The molecule has 2 aliphatic rings. The maximum Gasteiger partial charge on any atom is 0.352 e. The molecular formula is C10H14N2O3S2. The van der Waals surface area contributed by atoms with Gasteiger partial charge in [0.15, 0.2) is 0 Å². The molecule has 0 aromatic carbocycles. The molecule has 0 aromatic heterocycles. The topological polar surface area (TPSA) is 83.6 Å². The van der Waals surface area contributed by atoms with Crippen LogP contribution >= 0.6 is 23.5 Å². The third-order valence-corrected chi connectivity index (χ3v) is 5.09. The second-order valence-electron chi connectivity index (χ2n) is 3.83. The van der Waals surface area contributed by atoms with Crippen LogP contribution in [0.5, 0.6) is 0 Å². The fourth-order valence-corrected chi connectivity index (χ4v) is 4.03. The van der Waals surface area contributed by atoms with Gasteiger partial charge in [0.25, 0.3) is 0 Å². The summed E-state index contributed by atoms with van der Waals surface area (Å²) in [6, 6.07) is -0.547. The number of hydrogen-bond acceptors (Lipinski definition) is 5. The van der Waals surface area contributed by atoms with Crippen LogP contribution in [-0.2, 0) is 9.59 Å². The molecule has 0 radical (unpaired) electrons. The molecule has 17 heavy (non-hydrogen) atoms. The molecule has 1 amide bonds. The molecule has 0 saturated carbocycles. The summed E-state index contributed by atoms with van der Waals surface area (Å²) in [5.74, 6) is 0.937. The van der Waals surface area contributed by atoms with Crippen molar-refractivity contribution in [1.82, 2.24) is 4.90 Å². The van der Waals surface area contributed by atoms with Crippen LogP contribution in [0.4, 0.5) is 0 Å². The van der Waals surface area contributed by atoms with Crippen LogP contribution in [0.2, 0.25) is 0 Å². The number of β-lactam (4-membered cyclic amide) rings is 1. The van der Waals surface area contributed by atoms with E-state index >= 15 is 0 Å². The number of carbonyl (C=O) groups is 2. The van der Waals surface area contributed by atoms with Gasteiger partial charge in [0.1, 0.15) is 17.1 Å². The van der Waals surface area contributed by atoms with Gasteiger partial charge in [0, 0.05) is 11.5 Å². The van der Waals surface area contributed by atoms with Crippen LogP contribution < -0.4 is 5.73 Å². The van der Waals surface area contributed by atoms with E-state index in [0.29, 0.717) is 11.5 Å². The minimum absolute atomic E-state index is 0.154. The molecule has 2 aliphatic heterocycles. The third kappa shape index (κ3) is 2.07. The van der Waals surface area contributed by atoms with Gasteiger partial charge in [-0.3, -0.25) is 9.69 Å². The number of nitrogens with two attached hydrogens (primary N) is 1. The van der Waals surface area contributed by atoms with Gasteiger partial charge in [-0.15, -0.1) is 11.8 Å². The lowest BCUT2D eigenvalue weighted by Crippen LogP contribution is -2.68. The smallest absolute Gasteiger partial charge is 0.352 e. The fraction of sp³-hybridized carbons (Fsp3) is 0.600. The van der Waals surface area contributed by atoms with E-state index in [1.807, 2.05) is 6.92 Å². The van der Waals surface area contributed by atoms with Gasteiger partial charge in [0.05, 0.1) is 0 Å². The minimum Gasteiger partial charge on any atom is -0.477 e. The molecule has 5 nitrogen and oxygen atoms in total. The molecule has 1 unspecified atom stereocenters. The van der Waals surface area contributed by atoms with Gasteiger partial charge in [-0.1, -0.05) is 6.92 Å². The van der Waals surface area contributed by atoms with Crippen LogP contribution in [0, 0.1) is 0 Å². The Hall–Kier alpha value is -0.660. The number of amides is 1. The lowest BCUT2D eigenvalue weighted by Gasteiger charge is -2.48. The van der Waals surface area contributed by atoms with E-state index in [4.69, 9.17) is 5.73 Å². The van der Waals surface area contributed by atoms with E-state index in [-0.39, 0.29) is 17.0 Å². The molecule has 94 valence electrons. The number of thioether (sulfide) groups is 2. The van der Waals surface area contributed by atoms with Gasteiger partial charge in [-0.25, -0.2) is 4.79 Å². The molecule has 0 bridgehead atoms. The highest BCUT2D eigenvalue weighted by molar-refractivity contribution is 8.01. The molecule has 1 saturated heterocycles. The van der Waals surface area contributed by atoms with Crippen LogP contribution in [0.15, 0.2) is 11.3 Å². The van der Waals surface area contributed by atoms with Crippen LogP contribution in [0.1, 0.15) is 6.92 Å². The maximum absolute atomic E-state index is 11.6. The number of fused-ring (bicyclic) bond motifs is 1. The van der Waals surface area contributed by atoms with Crippen molar-refractivity contribution in [2.75, 3.05) is 17.3 Å². The summed E-state index contributed by atoms with van der Waals surface area (Å²) >= 11 is 3.21. The molecule has 7 heteroatoms. The summed E-state index contributed by atoms with van der Waals surface area (Å²) in [4.78, 5) is 24.2. The Labute approximate surface area is 108 Å². The molecule has 0 aromatic rings. The van der Waals surface area contributed by atoms with E-state index in [1.165, 1.54) is 4.90 Å². The van der Waals surface area contributed by atoms with Crippen molar-refractivity contribution in [3.05, 3.63) is 11.3 Å². The summed E-state index contributed by atoms with van der Waals surface area (Å²) in [5.41, 5.74) is 6.63. The molecule has 3 N–H and O–H groups in total. The Balaban J connectivity index is 2.26. The Morgan fingerprint density at radius 2 is 2.41 bits per heavy atom. The van der Waals surface area contributed by atoms with E-state index in [0.717, 1.165) is 11.3 Å². The number of carboxylic acid groups (broad SMARTS) is 1. The number of aliphatic carboxylic acids is 1. The SMILES string of the molecule is CCSCC1=C(C(=O)O)N2C(=O)C(N)[C@@H]2SC1. The Morgan fingerprint density at radius 3 is 3.00 bits per heavy atom. The largest absolute Gasteiger partial charge is 0.477 e. The number of rotatable bonds is 4. The van der Waals surface area contributed by atoms with Crippen molar-refractivity contribution < 1.29 is 14.7 Å². The average molecular weight is 274 g/mol. The predicted octanol–water partition coefficient (Wildman–Crippen LogP) is 0.321. The molecule has 1 fully saturated rings. The lowest BCUT2D eigenvalue weighted by atomic mass is 10.0. The highest BCUT2D eigenvalue weighted by Gasteiger charge is 2.51. The second-order valence-corrected chi connectivity index (χ2v) is 6.21. The molecule has 2 rings (SSSR count). The van der Waals surface area contributed by atoms with Gasteiger partial charge in [-0.05, 0) is 11.3 Å². The van der Waals surface area contributed by atoms with Crippen molar-refractivity contribution in [2.24, 2.45) is 5.73 Å². The van der Waals surface area contributed by atoms with E-state index in [9.17, 15) is 14.7 Å². The highest BCUT2D eigenvalue weighted by Crippen LogP contribution is 2.40. The third-order valence-electron chi connectivity index (χ3n) is 2.77. The molecular weight excluding hydrogens is 260 g/mol. The zero-order chi connectivity index (χ0) is 12.6. The van der Waals surface area contributed by atoms with Crippen LogP contribution in [-0.4, -0.2) is 50.6 Å². The minimum atomic E-state index is -1.03. The number of carboxylic acids is 1. The van der Waals surface area contributed by atoms with Gasteiger partial charge < -0.3 is 10.8 Å². The van der Waals surface area contributed by atoms with Crippen molar-refractivity contribution in [2.45, 2.75) is 18.3 Å². The first-order valence-corrected chi connectivity index (χ1v) is 7.51. The number of hydrogen-bond donors (Lipinski definition) is 2. The van der Waals surface area contributed by atoms with Crippen LogP contribution in [0.25, 0.3) is 0 Å². The van der Waals surface area contributed by atoms with Gasteiger partial charge in [0.2, 0.25) is 5.91 Å². The summed E-state index contributed by atoms with van der Waals surface area (Å²) in [6.45, 7) is 2.02. The summed E-state index contributed by atoms with van der Waals surface area (Å²) in [6.07, 6.45) is 0. The molecule has 2 atom stereocenters. The first-order chi connectivity index (χ1) is 8.07. The summed E-state index contributed by atoms with van der Waals surface area (Å²) in [7, 11) is 0. The standard InChI is InChI=1S/C10H14N2O3S2/c1-2-16-3-5-4-17-9-6(11)8(13)12(9)7(5)10(14)15/h6,9H,2-4,11H2,1H3,(H,14,15)/t6?,9-/m0/s1. The van der Waals surface area contributed by atoms with Crippen molar-refractivity contribution in [3.63, 3.8) is 0 Å². The van der Waals surface area contributed by atoms with E-state index < -0.39 is 12.0 Å². The van der Waals surface area contributed by atoms with E-state index in [1.54, 1.807) is 23.5 Å². The van der Waals surface area contributed by atoms with Gasteiger partial charge in [-0.2, -0.15) is 11.8 Å². The zero-order valence-corrected chi connectivity index (χ0v) is 11.0. The maximum atomic E-state index is 11.6. The Morgan fingerprint density at radius 1 is 1.71 bits per heavy atom. The summed E-state index contributed by atoms with van der Waals surface area (Å²) < 4.78 is 0. The quantitative estimate of drug-likeness (QED) is 0.718. The molecule has 0 spiro atoms. The van der Waals surface area contributed by atoms with Crippen molar-refractivity contribution in [1.29, 1.82) is 0 Å². The Bertz CT molecular complexity index is 397. The summed E-state index contributed by atoms with van der Waals surface area (Å²) in [5, 5.41) is 9.03. The first-order valence-electron chi connectivity index (χ1n) is 5.31. The highest BCUT2D eigenvalue weighted by atomic mass is 32.2. The van der Waals surface area contributed by atoms with Gasteiger partial charge >= 0.3 is 5.97 Å². The number of nitrogens with zero attached hydrogens (tertiary/aromatic N) is 1.